The molecule has 0 spiro atoms. The van der Waals surface area contributed by atoms with Crippen LogP contribution in [-0.2, 0) is 4.74 Å². The van der Waals surface area contributed by atoms with E-state index in [0.717, 1.165) is 36.1 Å². The van der Waals surface area contributed by atoms with E-state index >= 15 is 0 Å². The number of ether oxygens (including phenoxy) is 3. The highest BCUT2D eigenvalue weighted by Gasteiger charge is 2.27. The van der Waals surface area contributed by atoms with Crippen LogP contribution in [0.4, 0.5) is 11.6 Å². The number of fused-ring (bicyclic) bond motifs is 1. The maximum Gasteiger partial charge on any atom is 0.141 e. The zero-order valence-electron chi connectivity index (χ0n) is 16.9. The van der Waals surface area contributed by atoms with E-state index < -0.39 is 0 Å². The summed E-state index contributed by atoms with van der Waals surface area (Å²) in [6, 6.07) is 5.38. The van der Waals surface area contributed by atoms with E-state index in [0.29, 0.717) is 38.6 Å². The Morgan fingerprint density at radius 2 is 1.77 bits per heavy atom. The Morgan fingerprint density at radius 1 is 1.07 bits per heavy atom. The van der Waals surface area contributed by atoms with E-state index in [1.54, 1.807) is 33.6 Å². The molecule has 1 aliphatic heterocycles. The molecule has 3 aromatic rings. The fourth-order valence-corrected chi connectivity index (χ4v) is 4.43. The Morgan fingerprint density at radius 3 is 2.37 bits per heavy atom. The summed E-state index contributed by atoms with van der Waals surface area (Å²) in [5.74, 6) is 2.12. The molecule has 1 fully saturated rings. The first-order valence-electron chi connectivity index (χ1n) is 9.41. The van der Waals surface area contributed by atoms with Gasteiger partial charge in [0.2, 0.25) is 0 Å². The molecular formula is C21H22Cl2N4O3. The van der Waals surface area contributed by atoms with E-state index in [2.05, 4.69) is 9.88 Å². The Kier molecular flexibility index (Phi) is 5.77. The second kappa shape index (κ2) is 8.34. The number of methoxy groups -OCH3 is 3. The van der Waals surface area contributed by atoms with Gasteiger partial charge >= 0.3 is 0 Å². The third kappa shape index (κ3) is 3.57. The minimum Gasteiger partial charge on any atom is -0.495 e. The Bertz CT molecular complexity index is 1080. The fraction of sp³-hybridized carbons (Fsp3) is 0.333. The Labute approximate surface area is 184 Å². The number of nitrogens with two attached hydrogens (primary N) is 1. The molecule has 4 rings (SSSR count). The van der Waals surface area contributed by atoms with Crippen molar-refractivity contribution in [1.29, 1.82) is 0 Å². The minimum atomic E-state index is 0.147. The van der Waals surface area contributed by atoms with Crippen molar-refractivity contribution in [3.63, 3.8) is 0 Å². The molecule has 2 N–H and O–H groups in total. The third-order valence-electron chi connectivity index (χ3n) is 5.32. The van der Waals surface area contributed by atoms with Gasteiger partial charge in [-0.15, -0.1) is 0 Å². The molecule has 1 aliphatic rings. The van der Waals surface area contributed by atoms with Crippen molar-refractivity contribution in [3.8, 4) is 22.8 Å². The fourth-order valence-electron chi connectivity index (χ4n) is 3.74. The zero-order chi connectivity index (χ0) is 21.4. The van der Waals surface area contributed by atoms with Crippen LogP contribution in [0.3, 0.4) is 0 Å². The summed E-state index contributed by atoms with van der Waals surface area (Å²) in [5.41, 5.74) is 7.09. The summed E-state index contributed by atoms with van der Waals surface area (Å²) in [6.45, 7) is 1.54. The van der Waals surface area contributed by atoms with Crippen molar-refractivity contribution in [2.45, 2.75) is 12.5 Å². The van der Waals surface area contributed by atoms with Crippen LogP contribution in [0.1, 0.15) is 6.42 Å². The third-order valence-corrected chi connectivity index (χ3v) is 6.07. The van der Waals surface area contributed by atoms with Gasteiger partial charge in [0.25, 0.3) is 0 Å². The zero-order valence-corrected chi connectivity index (χ0v) is 18.4. The van der Waals surface area contributed by atoms with Gasteiger partial charge < -0.3 is 24.8 Å². The largest absolute Gasteiger partial charge is 0.495 e. The maximum absolute atomic E-state index is 6.64. The summed E-state index contributed by atoms with van der Waals surface area (Å²) < 4.78 is 16.4. The first kappa shape index (κ1) is 20.8. The molecule has 0 saturated carbocycles. The molecule has 1 aromatic carbocycles. The number of halogens is 2. The average Bonchev–Trinajstić information content (AvgIpc) is 3.23. The Balaban J connectivity index is 1.97. The van der Waals surface area contributed by atoms with E-state index in [1.807, 2.05) is 12.1 Å². The molecular weight excluding hydrogens is 427 g/mol. The molecule has 1 atom stereocenters. The lowest BCUT2D eigenvalue weighted by Crippen LogP contribution is -2.23. The first-order valence-corrected chi connectivity index (χ1v) is 10.2. The predicted octanol–water partition coefficient (Wildman–Crippen LogP) is 4.43. The quantitative estimate of drug-likeness (QED) is 0.617. The lowest BCUT2D eigenvalue weighted by Gasteiger charge is -2.21. The molecule has 0 aliphatic carbocycles. The van der Waals surface area contributed by atoms with Crippen molar-refractivity contribution in [1.82, 2.24) is 9.97 Å². The molecule has 30 heavy (non-hydrogen) atoms. The van der Waals surface area contributed by atoms with Gasteiger partial charge in [0.15, 0.2) is 0 Å². The van der Waals surface area contributed by atoms with Crippen molar-refractivity contribution in [2.75, 3.05) is 45.1 Å². The van der Waals surface area contributed by atoms with Gasteiger partial charge in [-0.05, 0) is 18.6 Å². The highest BCUT2D eigenvalue weighted by atomic mass is 35.5. The molecule has 0 radical (unpaired) electrons. The topological polar surface area (TPSA) is 82.7 Å². The SMILES string of the molecule is COc1cc(OC)c(Cl)c(-c2cc3cnc(N)cc3c(N3CCC(OC)C3)n2)c1Cl. The van der Waals surface area contributed by atoms with Gasteiger partial charge in [-0.1, -0.05) is 23.2 Å². The summed E-state index contributed by atoms with van der Waals surface area (Å²) in [4.78, 5) is 11.4. The van der Waals surface area contributed by atoms with Crippen molar-refractivity contribution in [2.24, 2.45) is 0 Å². The number of rotatable bonds is 5. The van der Waals surface area contributed by atoms with Crippen molar-refractivity contribution < 1.29 is 14.2 Å². The number of nitrogen functional groups attached to an aromatic ring is 1. The molecule has 9 heteroatoms. The van der Waals surface area contributed by atoms with Crippen molar-refractivity contribution in [3.05, 3.63) is 34.4 Å². The van der Waals surface area contributed by atoms with E-state index in [9.17, 15) is 0 Å². The van der Waals surface area contributed by atoms with Crippen LogP contribution in [-0.4, -0.2) is 50.5 Å². The lowest BCUT2D eigenvalue weighted by atomic mass is 10.1. The molecule has 0 amide bonds. The highest BCUT2D eigenvalue weighted by Crippen LogP contribution is 2.46. The van der Waals surface area contributed by atoms with Gasteiger partial charge in [-0.25, -0.2) is 9.97 Å². The molecule has 158 valence electrons. The molecule has 1 unspecified atom stereocenters. The number of hydrogen-bond donors (Lipinski definition) is 1. The van der Waals surface area contributed by atoms with E-state index in [1.165, 1.54) is 0 Å². The number of benzene rings is 1. The summed E-state index contributed by atoms with van der Waals surface area (Å²) in [7, 11) is 4.80. The standard InChI is InChI=1S/C21H22Cl2N4O3/c1-28-12-4-5-27(10-12)21-13-7-17(24)25-9-11(13)6-14(26-21)18-19(22)15(29-2)8-16(30-3)20(18)23/h6-9,12H,4-5,10H2,1-3H3,(H2,24,25). The monoisotopic (exact) mass is 448 g/mol. The van der Waals surface area contributed by atoms with Crippen LogP contribution in [0.5, 0.6) is 11.5 Å². The number of pyridine rings is 2. The summed E-state index contributed by atoms with van der Waals surface area (Å²) in [5, 5.41) is 2.51. The highest BCUT2D eigenvalue weighted by molar-refractivity contribution is 6.41. The normalized spacial score (nSPS) is 16.3. The molecule has 1 saturated heterocycles. The van der Waals surface area contributed by atoms with Gasteiger partial charge in [-0.3, -0.25) is 0 Å². The van der Waals surface area contributed by atoms with Crippen LogP contribution >= 0.6 is 23.2 Å². The minimum absolute atomic E-state index is 0.147. The number of aromatic nitrogens is 2. The lowest BCUT2D eigenvalue weighted by molar-refractivity contribution is 0.121. The smallest absolute Gasteiger partial charge is 0.141 e. The maximum atomic E-state index is 6.64. The number of anilines is 2. The summed E-state index contributed by atoms with van der Waals surface area (Å²) >= 11 is 13.3. The average molecular weight is 449 g/mol. The van der Waals surface area contributed by atoms with Crippen molar-refractivity contribution >= 4 is 45.6 Å². The van der Waals surface area contributed by atoms with Gasteiger partial charge in [-0.2, -0.15) is 0 Å². The van der Waals surface area contributed by atoms with Gasteiger partial charge in [0, 0.05) is 48.8 Å². The molecule has 2 aromatic heterocycles. The molecule has 3 heterocycles. The molecule has 0 bridgehead atoms. The predicted molar refractivity (Wildman–Crippen MR) is 120 cm³/mol. The van der Waals surface area contributed by atoms with Crippen LogP contribution < -0.4 is 20.1 Å². The van der Waals surface area contributed by atoms with E-state index in [4.69, 9.17) is 48.1 Å². The summed E-state index contributed by atoms with van der Waals surface area (Å²) in [6.07, 6.45) is 2.79. The number of nitrogens with zero attached hydrogens (tertiary/aromatic N) is 3. The van der Waals surface area contributed by atoms with Crippen LogP contribution in [0.15, 0.2) is 24.4 Å². The molecule has 7 nitrogen and oxygen atoms in total. The van der Waals surface area contributed by atoms with E-state index in [-0.39, 0.29) is 6.10 Å². The van der Waals surface area contributed by atoms with Crippen LogP contribution in [0.2, 0.25) is 10.0 Å². The van der Waals surface area contributed by atoms with Crippen LogP contribution in [0, 0.1) is 0 Å². The second-order valence-electron chi connectivity index (χ2n) is 7.04. The first-order chi connectivity index (χ1) is 14.5. The number of hydrogen-bond acceptors (Lipinski definition) is 7. The van der Waals surface area contributed by atoms with Crippen LogP contribution in [0.25, 0.3) is 22.0 Å². The van der Waals surface area contributed by atoms with Gasteiger partial charge in [0.05, 0.1) is 36.1 Å². The van der Waals surface area contributed by atoms with Gasteiger partial charge in [0.1, 0.15) is 23.1 Å². The Hall–Kier alpha value is -2.48. The second-order valence-corrected chi connectivity index (χ2v) is 7.79.